The van der Waals surface area contributed by atoms with E-state index in [2.05, 4.69) is 29.7 Å². The molecule has 1 fully saturated rings. The third kappa shape index (κ3) is 2.85. The smallest absolute Gasteiger partial charge is 0.243 e. The molecule has 126 valence electrons. The van der Waals surface area contributed by atoms with E-state index in [0.717, 1.165) is 29.8 Å². The maximum atomic E-state index is 13.0. The standard InChI is InChI=1S/C20H25N3O/c1-2-3-7-16-8-6-13-22(16)19(24)14-23-18-10-5-4-9-17(18)21-20(23)15-11-12-15/h4-6,8-10,15-16H,2-3,7,11-14H2,1H3. The Morgan fingerprint density at radius 2 is 2.12 bits per heavy atom. The van der Waals surface area contributed by atoms with Crippen molar-refractivity contribution in [1.29, 1.82) is 0 Å². The van der Waals surface area contributed by atoms with Gasteiger partial charge >= 0.3 is 0 Å². The van der Waals surface area contributed by atoms with Gasteiger partial charge in [0.05, 0.1) is 17.1 Å². The van der Waals surface area contributed by atoms with Crippen LogP contribution in [0.2, 0.25) is 0 Å². The van der Waals surface area contributed by atoms with Crippen LogP contribution in [0.5, 0.6) is 0 Å². The maximum absolute atomic E-state index is 13.0. The fraction of sp³-hybridized carbons (Fsp3) is 0.500. The van der Waals surface area contributed by atoms with Gasteiger partial charge in [-0.3, -0.25) is 4.79 Å². The maximum Gasteiger partial charge on any atom is 0.243 e. The Balaban J connectivity index is 1.57. The van der Waals surface area contributed by atoms with E-state index in [9.17, 15) is 4.79 Å². The number of amides is 1. The Morgan fingerprint density at radius 1 is 1.29 bits per heavy atom. The largest absolute Gasteiger partial charge is 0.331 e. The number of hydrogen-bond acceptors (Lipinski definition) is 2. The molecular weight excluding hydrogens is 298 g/mol. The van der Waals surface area contributed by atoms with Crippen LogP contribution in [0.15, 0.2) is 36.4 Å². The van der Waals surface area contributed by atoms with Gasteiger partial charge in [-0.2, -0.15) is 0 Å². The lowest BCUT2D eigenvalue weighted by Gasteiger charge is -2.25. The van der Waals surface area contributed by atoms with Crippen molar-refractivity contribution in [2.45, 2.75) is 57.5 Å². The van der Waals surface area contributed by atoms with E-state index in [1.807, 2.05) is 23.1 Å². The summed E-state index contributed by atoms with van der Waals surface area (Å²) in [6.45, 7) is 3.36. The third-order valence-electron chi connectivity index (χ3n) is 5.15. The number of aromatic nitrogens is 2. The van der Waals surface area contributed by atoms with Crippen LogP contribution in [0.4, 0.5) is 0 Å². The summed E-state index contributed by atoms with van der Waals surface area (Å²) in [4.78, 5) is 19.8. The molecule has 4 heteroatoms. The van der Waals surface area contributed by atoms with Crippen molar-refractivity contribution in [2.75, 3.05) is 6.54 Å². The molecule has 0 radical (unpaired) electrons. The van der Waals surface area contributed by atoms with Gasteiger partial charge in [0, 0.05) is 12.5 Å². The van der Waals surface area contributed by atoms with Crippen LogP contribution < -0.4 is 0 Å². The van der Waals surface area contributed by atoms with Crippen LogP contribution in [0, 0.1) is 0 Å². The van der Waals surface area contributed by atoms with Crippen LogP contribution in [0.25, 0.3) is 11.0 Å². The summed E-state index contributed by atoms with van der Waals surface area (Å²) in [5.74, 6) is 1.85. The zero-order valence-corrected chi connectivity index (χ0v) is 14.3. The fourth-order valence-corrected chi connectivity index (χ4v) is 3.66. The highest BCUT2D eigenvalue weighted by Crippen LogP contribution is 2.40. The van der Waals surface area contributed by atoms with E-state index >= 15 is 0 Å². The first kappa shape index (κ1) is 15.4. The number of rotatable bonds is 6. The summed E-state index contributed by atoms with van der Waals surface area (Å²) in [5, 5.41) is 0. The lowest BCUT2D eigenvalue weighted by atomic mass is 10.1. The number of benzene rings is 1. The predicted molar refractivity (Wildman–Crippen MR) is 95.9 cm³/mol. The van der Waals surface area contributed by atoms with E-state index in [-0.39, 0.29) is 11.9 Å². The number of fused-ring (bicyclic) bond motifs is 1. The molecule has 0 saturated heterocycles. The van der Waals surface area contributed by atoms with Gasteiger partial charge in [-0.25, -0.2) is 4.98 Å². The second kappa shape index (κ2) is 6.42. The molecule has 4 rings (SSSR count). The minimum absolute atomic E-state index is 0.214. The highest BCUT2D eigenvalue weighted by Gasteiger charge is 2.31. The van der Waals surface area contributed by atoms with Gasteiger partial charge in [-0.15, -0.1) is 0 Å². The Labute approximate surface area is 143 Å². The van der Waals surface area contributed by atoms with Crippen LogP contribution in [-0.2, 0) is 11.3 Å². The summed E-state index contributed by atoms with van der Waals surface area (Å²) < 4.78 is 2.16. The average molecular weight is 323 g/mol. The van der Waals surface area contributed by atoms with Crippen LogP contribution in [0.3, 0.4) is 0 Å². The summed E-state index contributed by atoms with van der Waals surface area (Å²) in [6.07, 6.45) is 10.1. The molecule has 1 aromatic heterocycles. The molecule has 1 aliphatic carbocycles. The molecule has 0 bridgehead atoms. The van der Waals surface area contributed by atoms with E-state index in [0.29, 0.717) is 12.5 Å². The summed E-state index contributed by atoms with van der Waals surface area (Å²) >= 11 is 0. The minimum Gasteiger partial charge on any atom is -0.331 e. The Hall–Kier alpha value is -2.10. The molecule has 2 heterocycles. The number of carbonyl (C=O) groups excluding carboxylic acids is 1. The van der Waals surface area contributed by atoms with E-state index in [4.69, 9.17) is 4.98 Å². The third-order valence-corrected chi connectivity index (χ3v) is 5.15. The number of nitrogens with zero attached hydrogens (tertiary/aromatic N) is 3. The van der Waals surface area contributed by atoms with Gasteiger partial charge in [0.1, 0.15) is 12.4 Å². The number of para-hydroxylation sites is 2. The molecule has 24 heavy (non-hydrogen) atoms. The van der Waals surface area contributed by atoms with Crippen molar-refractivity contribution in [3.8, 4) is 0 Å². The molecule has 2 aromatic rings. The quantitative estimate of drug-likeness (QED) is 0.757. The SMILES string of the molecule is CCCCC1C=CCN1C(=O)Cn1c(C2CC2)nc2ccccc21. The molecule has 1 aromatic carbocycles. The lowest BCUT2D eigenvalue weighted by molar-refractivity contribution is -0.132. The molecule has 2 aliphatic rings. The lowest BCUT2D eigenvalue weighted by Crippen LogP contribution is -2.38. The highest BCUT2D eigenvalue weighted by atomic mass is 16.2. The molecule has 1 atom stereocenters. The van der Waals surface area contributed by atoms with Gasteiger partial charge in [-0.1, -0.05) is 44.1 Å². The molecule has 1 aliphatic heterocycles. The Kier molecular flexibility index (Phi) is 4.13. The van der Waals surface area contributed by atoms with Crippen molar-refractivity contribution < 1.29 is 4.79 Å². The second-order valence-corrected chi connectivity index (χ2v) is 7.00. The van der Waals surface area contributed by atoms with Crippen LogP contribution >= 0.6 is 0 Å². The van der Waals surface area contributed by atoms with Crippen molar-refractivity contribution in [3.63, 3.8) is 0 Å². The zero-order valence-electron chi connectivity index (χ0n) is 14.3. The second-order valence-electron chi connectivity index (χ2n) is 7.00. The molecule has 4 nitrogen and oxygen atoms in total. The van der Waals surface area contributed by atoms with Crippen LogP contribution in [0.1, 0.15) is 50.8 Å². The fourth-order valence-electron chi connectivity index (χ4n) is 3.66. The molecule has 0 N–H and O–H groups in total. The number of unbranched alkanes of at least 4 members (excludes halogenated alkanes) is 1. The summed E-state index contributed by atoms with van der Waals surface area (Å²) in [7, 11) is 0. The number of imidazole rings is 1. The van der Waals surface area contributed by atoms with Gasteiger partial charge < -0.3 is 9.47 Å². The van der Waals surface area contributed by atoms with Gasteiger partial charge in [0.25, 0.3) is 0 Å². The van der Waals surface area contributed by atoms with Gasteiger partial charge in [0.15, 0.2) is 0 Å². The first-order valence-electron chi connectivity index (χ1n) is 9.19. The monoisotopic (exact) mass is 323 g/mol. The van der Waals surface area contributed by atoms with Crippen LogP contribution in [-0.4, -0.2) is 32.9 Å². The van der Waals surface area contributed by atoms with Crippen molar-refractivity contribution in [2.24, 2.45) is 0 Å². The Bertz CT molecular complexity index is 772. The molecule has 0 spiro atoms. The summed E-state index contributed by atoms with van der Waals surface area (Å²) in [6, 6.07) is 8.45. The zero-order chi connectivity index (χ0) is 16.5. The van der Waals surface area contributed by atoms with E-state index < -0.39 is 0 Å². The molecule has 1 unspecified atom stereocenters. The summed E-state index contributed by atoms with van der Waals surface area (Å²) in [5.41, 5.74) is 2.10. The first-order valence-corrected chi connectivity index (χ1v) is 9.19. The van der Waals surface area contributed by atoms with Crippen molar-refractivity contribution in [1.82, 2.24) is 14.5 Å². The van der Waals surface area contributed by atoms with Gasteiger partial charge in [0.2, 0.25) is 5.91 Å². The van der Waals surface area contributed by atoms with E-state index in [1.165, 1.54) is 25.7 Å². The topological polar surface area (TPSA) is 38.1 Å². The Morgan fingerprint density at radius 3 is 2.92 bits per heavy atom. The minimum atomic E-state index is 0.214. The highest BCUT2D eigenvalue weighted by molar-refractivity contribution is 5.82. The normalized spacial score (nSPS) is 20.2. The molecular formula is C20H25N3O. The van der Waals surface area contributed by atoms with Crippen molar-refractivity contribution in [3.05, 3.63) is 42.2 Å². The van der Waals surface area contributed by atoms with Crippen molar-refractivity contribution >= 4 is 16.9 Å². The molecule has 1 amide bonds. The first-order chi connectivity index (χ1) is 11.8. The predicted octanol–water partition coefficient (Wildman–Crippen LogP) is 3.87. The number of hydrogen-bond donors (Lipinski definition) is 0. The van der Waals surface area contributed by atoms with Gasteiger partial charge in [-0.05, 0) is 31.4 Å². The number of carbonyl (C=O) groups is 1. The average Bonchev–Trinajstić information content (AvgIpc) is 3.22. The molecule has 1 saturated carbocycles. The van der Waals surface area contributed by atoms with E-state index in [1.54, 1.807) is 0 Å².